The minimum absolute atomic E-state index is 0.0319. The van der Waals surface area contributed by atoms with E-state index in [1.54, 1.807) is 13.8 Å². The summed E-state index contributed by atoms with van der Waals surface area (Å²) in [5.74, 6) is -1.62. The van der Waals surface area contributed by atoms with Crippen molar-refractivity contribution in [3.8, 4) is 5.75 Å². The van der Waals surface area contributed by atoms with Crippen molar-refractivity contribution in [3.63, 3.8) is 0 Å². The molecule has 4 rings (SSSR count). The van der Waals surface area contributed by atoms with E-state index < -0.39 is 49.8 Å². The molecule has 0 aliphatic carbocycles. The van der Waals surface area contributed by atoms with Gasteiger partial charge in [0.05, 0.1) is 40.2 Å². The fourth-order valence-corrected chi connectivity index (χ4v) is 6.87. The third-order valence-corrected chi connectivity index (χ3v) is 10.5. The number of aliphatic hydroxyl groups is 1. The van der Waals surface area contributed by atoms with Crippen LogP contribution in [0.1, 0.15) is 24.2 Å². The summed E-state index contributed by atoms with van der Waals surface area (Å²) < 4.78 is 76.3. The number of likely N-dealkylation sites (N-methyl/N-ethyl adjacent to an activating group) is 1. The summed E-state index contributed by atoms with van der Waals surface area (Å²) >= 11 is 5.91. The number of halogens is 2. The van der Waals surface area contributed by atoms with Gasteiger partial charge in [0.2, 0.25) is 10.0 Å². The van der Waals surface area contributed by atoms with Crippen molar-refractivity contribution in [2.45, 2.75) is 35.8 Å². The highest BCUT2D eigenvalue weighted by molar-refractivity contribution is 7.92. The summed E-state index contributed by atoms with van der Waals surface area (Å²) in [5.41, 5.74) is 0.00287. The van der Waals surface area contributed by atoms with Gasteiger partial charge in [-0.2, -0.15) is 4.31 Å². The predicted molar refractivity (Wildman–Crippen MR) is 156 cm³/mol. The van der Waals surface area contributed by atoms with Crippen LogP contribution >= 0.6 is 11.6 Å². The number of carbonyl (C=O) groups excluding carboxylic acids is 1. The first-order valence-corrected chi connectivity index (χ1v) is 16.3. The van der Waals surface area contributed by atoms with Crippen LogP contribution in [0.3, 0.4) is 0 Å². The zero-order valence-corrected chi connectivity index (χ0v) is 25.5. The summed E-state index contributed by atoms with van der Waals surface area (Å²) in [5, 5.41) is 10.2. The van der Waals surface area contributed by atoms with Gasteiger partial charge in [0.15, 0.2) is 5.75 Å². The standard InChI is InChI=1S/C28H31ClFN3O7S2/c1-18-15-33(19(2)17-34)28(35)24-5-4-6-25(31-41(36,37)22-11-7-20(29)8-12-22)27(24)40-26(18)16-32(3)42(38,39)23-13-9-21(30)10-14-23/h4-14,18-19,26,31,34H,15-17H2,1-3H3/t18-,19-,26+/m1/s1. The lowest BCUT2D eigenvalue weighted by molar-refractivity contribution is 0.0389. The molecule has 0 unspecified atom stereocenters. The van der Waals surface area contributed by atoms with E-state index in [2.05, 4.69) is 4.72 Å². The van der Waals surface area contributed by atoms with Crippen LogP contribution < -0.4 is 9.46 Å². The molecular weight excluding hydrogens is 609 g/mol. The highest BCUT2D eigenvalue weighted by Gasteiger charge is 2.36. The van der Waals surface area contributed by atoms with E-state index in [0.717, 1.165) is 28.6 Å². The molecule has 0 saturated carbocycles. The Hall–Kier alpha value is -3.23. The summed E-state index contributed by atoms with van der Waals surface area (Å²) in [6.07, 6.45) is -0.869. The summed E-state index contributed by atoms with van der Waals surface area (Å²) in [6.45, 7) is 3.03. The Kier molecular flexibility index (Phi) is 9.48. The van der Waals surface area contributed by atoms with Crippen LogP contribution in [0.15, 0.2) is 76.5 Å². The van der Waals surface area contributed by atoms with E-state index in [4.69, 9.17) is 16.3 Å². The van der Waals surface area contributed by atoms with Crippen LogP contribution in [0.4, 0.5) is 10.1 Å². The van der Waals surface area contributed by atoms with Gasteiger partial charge in [-0.25, -0.2) is 21.2 Å². The van der Waals surface area contributed by atoms with Crippen molar-refractivity contribution in [1.29, 1.82) is 0 Å². The fourth-order valence-electron chi connectivity index (χ4n) is 4.50. The third kappa shape index (κ3) is 6.70. The molecule has 0 bridgehead atoms. The second kappa shape index (κ2) is 12.6. The Labute approximate surface area is 249 Å². The number of benzene rings is 3. The van der Waals surface area contributed by atoms with Gasteiger partial charge in [0.25, 0.3) is 15.9 Å². The van der Waals surface area contributed by atoms with E-state index in [9.17, 15) is 31.1 Å². The molecule has 0 spiro atoms. The van der Waals surface area contributed by atoms with E-state index in [1.165, 1.54) is 54.4 Å². The molecule has 3 aromatic rings. The fraction of sp³-hybridized carbons (Fsp3) is 0.321. The van der Waals surface area contributed by atoms with Crippen LogP contribution in [0.5, 0.6) is 5.75 Å². The van der Waals surface area contributed by atoms with Crippen molar-refractivity contribution in [2.24, 2.45) is 5.92 Å². The second-order valence-electron chi connectivity index (χ2n) is 10.1. The Morgan fingerprint density at radius 2 is 1.69 bits per heavy atom. The SMILES string of the molecule is C[C@@H]1CN([C@H](C)CO)C(=O)c2cccc(NS(=O)(=O)c3ccc(Cl)cc3)c2O[C@H]1CN(C)S(=O)(=O)c1ccc(F)cc1. The molecule has 1 aliphatic heterocycles. The van der Waals surface area contributed by atoms with Gasteiger partial charge in [0.1, 0.15) is 11.9 Å². The lowest BCUT2D eigenvalue weighted by Crippen LogP contribution is -2.50. The smallest absolute Gasteiger partial charge is 0.262 e. The minimum atomic E-state index is -4.14. The maximum atomic E-state index is 13.7. The number of nitrogens with one attached hydrogen (secondary N) is 1. The Bertz CT molecular complexity index is 1650. The average molecular weight is 640 g/mol. The Morgan fingerprint density at radius 1 is 1.07 bits per heavy atom. The molecule has 3 atom stereocenters. The number of fused-ring (bicyclic) bond motifs is 1. The van der Waals surface area contributed by atoms with Crippen molar-refractivity contribution in [3.05, 3.63) is 83.1 Å². The van der Waals surface area contributed by atoms with Crippen molar-refractivity contribution in [1.82, 2.24) is 9.21 Å². The lowest BCUT2D eigenvalue weighted by Gasteiger charge is -2.38. The number of sulfonamides is 2. The first kappa shape index (κ1) is 31.7. The topological polar surface area (TPSA) is 133 Å². The molecule has 0 saturated heterocycles. The predicted octanol–water partition coefficient (Wildman–Crippen LogP) is 3.82. The monoisotopic (exact) mass is 639 g/mol. The van der Waals surface area contributed by atoms with Gasteiger partial charge < -0.3 is 14.7 Å². The molecule has 14 heteroatoms. The number of para-hydroxylation sites is 1. The number of aliphatic hydroxyl groups excluding tert-OH is 1. The van der Waals surface area contributed by atoms with E-state index in [1.807, 2.05) is 0 Å². The highest BCUT2D eigenvalue weighted by atomic mass is 35.5. The Morgan fingerprint density at radius 3 is 2.31 bits per heavy atom. The number of hydrogen-bond donors (Lipinski definition) is 2. The highest BCUT2D eigenvalue weighted by Crippen LogP contribution is 2.36. The zero-order chi connectivity index (χ0) is 30.8. The molecule has 42 heavy (non-hydrogen) atoms. The maximum absolute atomic E-state index is 13.7. The number of anilines is 1. The summed E-state index contributed by atoms with van der Waals surface area (Å²) in [6, 6.07) is 13.7. The van der Waals surface area contributed by atoms with Crippen LogP contribution in [0.2, 0.25) is 5.02 Å². The molecule has 226 valence electrons. The number of amides is 1. The molecule has 0 fully saturated rings. The van der Waals surface area contributed by atoms with Gasteiger partial charge in [-0.05, 0) is 67.6 Å². The average Bonchev–Trinajstić information content (AvgIpc) is 2.95. The number of rotatable bonds is 9. The quantitative estimate of drug-likeness (QED) is 0.364. The molecule has 3 aromatic carbocycles. The van der Waals surface area contributed by atoms with Crippen molar-refractivity contribution >= 4 is 43.2 Å². The number of hydrogen-bond acceptors (Lipinski definition) is 7. The molecule has 1 heterocycles. The molecule has 0 aromatic heterocycles. The van der Waals surface area contributed by atoms with Gasteiger partial charge >= 0.3 is 0 Å². The maximum Gasteiger partial charge on any atom is 0.262 e. The molecular formula is C28H31ClFN3O7S2. The first-order valence-electron chi connectivity index (χ1n) is 13.0. The lowest BCUT2D eigenvalue weighted by atomic mass is 9.99. The van der Waals surface area contributed by atoms with Crippen molar-refractivity contribution < 1.29 is 35.9 Å². The number of carbonyl (C=O) groups is 1. The largest absolute Gasteiger partial charge is 0.486 e. The molecule has 1 aliphatic rings. The summed E-state index contributed by atoms with van der Waals surface area (Å²) in [7, 11) is -6.85. The summed E-state index contributed by atoms with van der Waals surface area (Å²) in [4.78, 5) is 14.9. The zero-order valence-electron chi connectivity index (χ0n) is 23.1. The normalized spacial score (nSPS) is 18.5. The van der Waals surface area contributed by atoms with Crippen LogP contribution in [-0.2, 0) is 20.0 Å². The van der Waals surface area contributed by atoms with Crippen molar-refractivity contribution in [2.75, 3.05) is 31.5 Å². The Balaban J connectivity index is 1.76. The van der Waals surface area contributed by atoms with Gasteiger partial charge in [-0.3, -0.25) is 9.52 Å². The van der Waals surface area contributed by atoms with Gasteiger partial charge in [0, 0.05) is 24.5 Å². The van der Waals surface area contributed by atoms with E-state index in [-0.39, 0.29) is 46.5 Å². The minimum Gasteiger partial charge on any atom is -0.486 e. The van der Waals surface area contributed by atoms with E-state index in [0.29, 0.717) is 5.02 Å². The number of ether oxygens (including phenoxy) is 1. The molecule has 2 N–H and O–H groups in total. The van der Waals surface area contributed by atoms with Crippen LogP contribution in [0, 0.1) is 11.7 Å². The van der Waals surface area contributed by atoms with Gasteiger partial charge in [-0.1, -0.05) is 24.6 Å². The molecule has 10 nitrogen and oxygen atoms in total. The molecule has 1 amide bonds. The number of nitrogens with zero attached hydrogens (tertiary/aromatic N) is 2. The molecule has 0 radical (unpaired) electrons. The van der Waals surface area contributed by atoms with Crippen LogP contribution in [-0.4, -0.2) is 75.9 Å². The van der Waals surface area contributed by atoms with E-state index >= 15 is 0 Å². The van der Waals surface area contributed by atoms with Crippen LogP contribution in [0.25, 0.3) is 0 Å². The van der Waals surface area contributed by atoms with Gasteiger partial charge in [-0.15, -0.1) is 0 Å². The second-order valence-corrected chi connectivity index (χ2v) is 14.3. The third-order valence-electron chi connectivity index (χ3n) is 7.02. The first-order chi connectivity index (χ1) is 19.7.